The van der Waals surface area contributed by atoms with E-state index >= 15 is 0 Å². The molecule has 0 saturated carbocycles. The maximum absolute atomic E-state index is 4.57. The van der Waals surface area contributed by atoms with Crippen LogP contribution in [0.4, 0.5) is 0 Å². The van der Waals surface area contributed by atoms with Gasteiger partial charge in [-0.05, 0) is 12.8 Å². The topological polar surface area (TPSA) is 24.7 Å². The monoisotopic (exact) mass is 160 g/mol. The van der Waals surface area contributed by atoms with Crippen molar-refractivity contribution in [3.63, 3.8) is 0 Å². The molecular weight excluding hydrogens is 148 g/mol. The zero-order valence-corrected chi connectivity index (χ0v) is 6.93. The van der Waals surface area contributed by atoms with Gasteiger partial charge in [0.1, 0.15) is 0 Å². The SMILES string of the molecule is C1=CC2N=CC1C1CCC2C=N1. The molecule has 0 fully saturated rings. The van der Waals surface area contributed by atoms with Gasteiger partial charge in [-0.2, -0.15) is 0 Å². The van der Waals surface area contributed by atoms with Crippen LogP contribution in [0.1, 0.15) is 12.8 Å². The molecule has 1 aliphatic carbocycles. The second kappa shape index (κ2) is 2.28. The highest BCUT2D eigenvalue weighted by Crippen LogP contribution is 2.31. The van der Waals surface area contributed by atoms with E-state index in [1.165, 1.54) is 12.8 Å². The second-order valence-corrected chi connectivity index (χ2v) is 3.86. The Morgan fingerprint density at radius 2 is 2.00 bits per heavy atom. The van der Waals surface area contributed by atoms with Crippen LogP contribution in [0, 0.1) is 11.8 Å². The minimum atomic E-state index is 0.395. The molecule has 0 aromatic heterocycles. The van der Waals surface area contributed by atoms with E-state index in [9.17, 15) is 0 Å². The highest BCUT2D eigenvalue weighted by molar-refractivity contribution is 5.72. The maximum Gasteiger partial charge on any atom is 0.0753 e. The Labute approximate surface area is 72.1 Å². The van der Waals surface area contributed by atoms with Gasteiger partial charge >= 0.3 is 0 Å². The van der Waals surface area contributed by atoms with Gasteiger partial charge in [0.25, 0.3) is 0 Å². The summed E-state index contributed by atoms with van der Waals surface area (Å²) >= 11 is 0. The summed E-state index contributed by atoms with van der Waals surface area (Å²) in [5.41, 5.74) is 0. The number of nitrogens with zero attached hydrogens (tertiary/aromatic N) is 2. The van der Waals surface area contributed by atoms with Crippen molar-refractivity contribution >= 4 is 12.4 Å². The minimum absolute atomic E-state index is 0.395. The molecule has 6 rings (SSSR count). The van der Waals surface area contributed by atoms with E-state index in [2.05, 4.69) is 34.6 Å². The third kappa shape index (κ3) is 0.808. The van der Waals surface area contributed by atoms with Crippen LogP contribution >= 0.6 is 0 Å². The number of dihydropyridines is 1. The van der Waals surface area contributed by atoms with E-state index in [1.54, 1.807) is 0 Å². The highest BCUT2D eigenvalue weighted by atomic mass is 14.9. The van der Waals surface area contributed by atoms with Crippen molar-refractivity contribution in [3.8, 4) is 0 Å². The zero-order valence-electron chi connectivity index (χ0n) is 6.93. The first-order chi connectivity index (χ1) is 5.93. The predicted molar refractivity (Wildman–Crippen MR) is 49.9 cm³/mol. The molecule has 6 aliphatic rings. The van der Waals surface area contributed by atoms with E-state index in [4.69, 9.17) is 0 Å². The average molecular weight is 160 g/mol. The van der Waals surface area contributed by atoms with Crippen LogP contribution in [0.15, 0.2) is 22.1 Å². The average Bonchev–Trinajstić information content (AvgIpc) is 2.13. The van der Waals surface area contributed by atoms with Crippen LogP contribution in [-0.2, 0) is 0 Å². The van der Waals surface area contributed by atoms with E-state index in [-0.39, 0.29) is 0 Å². The summed E-state index contributed by atoms with van der Waals surface area (Å²) in [5, 5.41) is 0. The van der Waals surface area contributed by atoms with Crippen molar-refractivity contribution < 1.29 is 0 Å². The molecule has 2 heteroatoms. The van der Waals surface area contributed by atoms with Gasteiger partial charge < -0.3 is 0 Å². The number of aliphatic imine (C=N–C) groups is 2. The van der Waals surface area contributed by atoms with Crippen molar-refractivity contribution in [1.29, 1.82) is 0 Å². The lowest BCUT2D eigenvalue weighted by atomic mass is 9.81. The Balaban J connectivity index is 2.08. The smallest absolute Gasteiger partial charge is 0.0753 e. The molecule has 0 amide bonds. The Kier molecular flexibility index (Phi) is 1.25. The largest absolute Gasteiger partial charge is 0.293 e. The molecule has 5 heterocycles. The van der Waals surface area contributed by atoms with Crippen molar-refractivity contribution in [3.05, 3.63) is 12.2 Å². The summed E-state index contributed by atoms with van der Waals surface area (Å²) in [7, 11) is 0. The first-order valence-electron chi connectivity index (χ1n) is 4.68. The first-order valence-corrected chi connectivity index (χ1v) is 4.68. The third-order valence-electron chi connectivity index (χ3n) is 3.11. The Hall–Kier alpha value is -0.920. The van der Waals surface area contributed by atoms with Gasteiger partial charge in [-0.15, -0.1) is 0 Å². The fourth-order valence-electron chi connectivity index (χ4n) is 2.31. The standard InChI is InChI=1S/C10H12N2/c1-3-9-8-2-4-10(12-6-8)7(1)5-11-9/h1,3,5-10H,2,4H2. The van der Waals surface area contributed by atoms with Gasteiger partial charge in [-0.3, -0.25) is 9.98 Å². The lowest BCUT2D eigenvalue weighted by Crippen LogP contribution is -2.35. The minimum Gasteiger partial charge on any atom is -0.293 e. The summed E-state index contributed by atoms with van der Waals surface area (Å²) in [4.78, 5) is 9.10. The predicted octanol–water partition coefficient (Wildman–Crippen LogP) is 1.47. The molecule has 12 heavy (non-hydrogen) atoms. The van der Waals surface area contributed by atoms with Gasteiger partial charge in [-0.1, -0.05) is 12.2 Å². The van der Waals surface area contributed by atoms with Gasteiger partial charge in [0.2, 0.25) is 0 Å². The van der Waals surface area contributed by atoms with Crippen LogP contribution in [0.25, 0.3) is 0 Å². The lowest BCUT2D eigenvalue weighted by molar-refractivity contribution is 0.421. The summed E-state index contributed by atoms with van der Waals surface area (Å²) < 4.78 is 0. The van der Waals surface area contributed by atoms with Crippen LogP contribution in [0.3, 0.4) is 0 Å². The molecule has 0 spiro atoms. The van der Waals surface area contributed by atoms with Crippen LogP contribution in [-0.4, -0.2) is 24.5 Å². The van der Waals surface area contributed by atoms with Gasteiger partial charge in [-0.25, -0.2) is 0 Å². The quantitative estimate of drug-likeness (QED) is 0.479. The summed E-state index contributed by atoms with van der Waals surface area (Å²) in [6.45, 7) is 0. The molecule has 4 bridgehead atoms. The summed E-state index contributed by atoms with van der Waals surface area (Å²) in [6.07, 6.45) is 11.3. The lowest BCUT2D eigenvalue weighted by Gasteiger charge is -2.33. The van der Waals surface area contributed by atoms with E-state index in [0.29, 0.717) is 23.9 Å². The van der Waals surface area contributed by atoms with Crippen LogP contribution in [0.2, 0.25) is 0 Å². The van der Waals surface area contributed by atoms with E-state index < -0.39 is 0 Å². The van der Waals surface area contributed by atoms with Crippen LogP contribution < -0.4 is 0 Å². The molecule has 0 aromatic carbocycles. The van der Waals surface area contributed by atoms with Crippen molar-refractivity contribution in [2.45, 2.75) is 24.9 Å². The molecule has 0 saturated heterocycles. The highest BCUT2D eigenvalue weighted by Gasteiger charge is 2.31. The van der Waals surface area contributed by atoms with Crippen molar-refractivity contribution in [2.24, 2.45) is 21.8 Å². The van der Waals surface area contributed by atoms with Gasteiger partial charge in [0, 0.05) is 24.3 Å². The third-order valence-corrected chi connectivity index (χ3v) is 3.11. The number of rotatable bonds is 0. The fraction of sp³-hybridized carbons (Fsp3) is 0.600. The Morgan fingerprint density at radius 1 is 1.00 bits per heavy atom. The molecule has 0 N–H and O–H groups in total. The molecule has 4 atom stereocenters. The van der Waals surface area contributed by atoms with Gasteiger partial charge in [0.15, 0.2) is 0 Å². The normalized spacial score (nSPS) is 48.0. The van der Waals surface area contributed by atoms with Crippen molar-refractivity contribution in [2.75, 3.05) is 0 Å². The molecule has 4 unspecified atom stereocenters. The van der Waals surface area contributed by atoms with Crippen LogP contribution in [0.5, 0.6) is 0 Å². The zero-order chi connectivity index (χ0) is 7.97. The second-order valence-electron chi connectivity index (χ2n) is 3.86. The first kappa shape index (κ1) is 6.58. The molecule has 5 aliphatic heterocycles. The molecular formula is C10H12N2. The van der Waals surface area contributed by atoms with E-state index in [0.717, 1.165) is 0 Å². The van der Waals surface area contributed by atoms with E-state index in [1.807, 2.05) is 0 Å². The Bertz CT molecular complexity index is 235. The Morgan fingerprint density at radius 3 is 2.67 bits per heavy atom. The molecule has 0 radical (unpaired) electrons. The molecule has 62 valence electrons. The molecule has 0 aromatic rings. The van der Waals surface area contributed by atoms with Crippen molar-refractivity contribution in [1.82, 2.24) is 0 Å². The summed E-state index contributed by atoms with van der Waals surface area (Å²) in [6, 6.07) is 0.883. The number of hydrogen-bond donors (Lipinski definition) is 0. The molecule has 2 nitrogen and oxygen atoms in total. The fourth-order valence-corrected chi connectivity index (χ4v) is 2.31. The van der Waals surface area contributed by atoms with Gasteiger partial charge in [0.05, 0.1) is 12.1 Å². The maximum atomic E-state index is 4.57. The summed E-state index contributed by atoms with van der Waals surface area (Å²) in [5.74, 6) is 1.06. The number of hydrogen-bond acceptors (Lipinski definition) is 2.